The van der Waals surface area contributed by atoms with Crippen molar-refractivity contribution in [2.24, 2.45) is 11.8 Å². The average Bonchev–Trinajstić information content (AvgIpc) is 3.22. The molecule has 0 spiro atoms. The van der Waals surface area contributed by atoms with Crippen LogP contribution in [0.15, 0.2) is 0 Å². The van der Waals surface area contributed by atoms with Crippen LogP contribution < -0.4 is 0 Å². The van der Waals surface area contributed by atoms with Crippen LogP contribution in [0, 0.1) is 11.8 Å². The zero-order valence-electron chi connectivity index (χ0n) is 40.5. The molecule has 0 N–H and O–H groups in total. The van der Waals surface area contributed by atoms with Gasteiger partial charge in [0.2, 0.25) is 0 Å². The molecule has 0 bridgehead atoms. The van der Waals surface area contributed by atoms with Crippen molar-refractivity contribution < 1.29 is 19.1 Å². The monoisotopic (exact) mass is 820 g/mol. The third-order valence-corrected chi connectivity index (χ3v) is 12.9. The summed E-state index contributed by atoms with van der Waals surface area (Å²) < 4.78 is 11.5. The number of hydrogen-bond donors (Lipinski definition) is 0. The zero-order chi connectivity index (χ0) is 42.6. The van der Waals surface area contributed by atoms with Crippen LogP contribution in [0.1, 0.15) is 285 Å². The molecule has 0 amide bonds. The summed E-state index contributed by atoms with van der Waals surface area (Å²) in [6.45, 7) is 13.8. The van der Waals surface area contributed by atoms with Gasteiger partial charge in [0.15, 0.2) is 0 Å². The first kappa shape index (κ1) is 56.9. The summed E-state index contributed by atoms with van der Waals surface area (Å²) in [6, 6.07) is 0.699. The van der Waals surface area contributed by atoms with Crippen LogP contribution in [0.3, 0.4) is 0 Å². The first-order chi connectivity index (χ1) is 28.4. The fraction of sp³-hybridized carbons (Fsp3) is 0.962. The second kappa shape index (κ2) is 45.4. The number of esters is 2. The molecule has 0 aromatic carbocycles. The molecule has 0 aliphatic carbocycles. The van der Waals surface area contributed by atoms with Gasteiger partial charge in [0, 0.05) is 18.9 Å². The molecule has 5 heteroatoms. The smallest absolute Gasteiger partial charge is 0.305 e. The van der Waals surface area contributed by atoms with Crippen LogP contribution >= 0.6 is 0 Å². The van der Waals surface area contributed by atoms with E-state index in [-0.39, 0.29) is 11.9 Å². The topological polar surface area (TPSA) is 55.8 Å². The zero-order valence-corrected chi connectivity index (χ0v) is 40.5. The van der Waals surface area contributed by atoms with E-state index in [0.717, 1.165) is 25.7 Å². The van der Waals surface area contributed by atoms with E-state index >= 15 is 0 Å². The van der Waals surface area contributed by atoms with Crippen molar-refractivity contribution in [2.75, 3.05) is 26.8 Å². The first-order valence-corrected chi connectivity index (χ1v) is 26.4. The van der Waals surface area contributed by atoms with Crippen LogP contribution in [-0.4, -0.2) is 49.7 Å². The van der Waals surface area contributed by atoms with Crippen molar-refractivity contribution in [1.29, 1.82) is 0 Å². The summed E-state index contributed by atoms with van der Waals surface area (Å²) in [5.41, 5.74) is 0. The summed E-state index contributed by atoms with van der Waals surface area (Å²) in [4.78, 5) is 27.7. The molecule has 0 fully saturated rings. The molecule has 5 nitrogen and oxygen atoms in total. The van der Waals surface area contributed by atoms with Gasteiger partial charge in [-0.2, -0.15) is 0 Å². The lowest BCUT2D eigenvalue weighted by Gasteiger charge is -2.28. The fourth-order valence-corrected chi connectivity index (χ4v) is 8.69. The summed E-state index contributed by atoms with van der Waals surface area (Å²) in [5, 5.41) is 0. The largest absolute Gasteiger partial charge is 0.465 e. The van der Waals surface area contributed by atoms with Gasteiger partial charge in [0.25, 0.3) is 0 Å². The Labute approximate surface area is 364 Å². The number of carbonyl (C=O) groups is 2. The van der Waals surface area contributed by atoms with Crippen molar-refractivity contribution in [3.8, 4) is 0 Å². The van der Waals surface area contributed by atoms with Gasteiger partial charge in [0.05, 0.1) is 13.2 Å². The number of rotatable bonds is 47. The third-order valence-electron chi connectivity index (χ3n) is 12.9. The highest BCUT2D eigenvalue weighted by molar-refractivity contribution is 5.69. The Morgan fingerprint density at radius 1 is 0.362 bits per heavy atom. The van der Waals surface area contributed by atoms with Crippen LogP contribution in [0.25, 0.3) is 0 Å². The molecule has 0 aliphatic rings. The van der Waals surface area contributed by atoms with Crippen LogP contribution in [0.5, 0.6) is 0 Å². The molecule has 0 saturated carbocycles. The van der Waals surface area contributed by atoms with E-state index in [0.29, 0.717) is 43.9 Å². The lowest BCUT2D eigenvalue weighted by molar-refractivity contribution is -0.146. The third kappa shape index (κ3) is 39.1. The van der Waals surface area contributed by atoms with Crippen LogP contribution in [0.2, 0.25) is 0 Å². The first-order valence-electron chi connectivity index (χ1n) is 26.4. The van der Waals surface area contributed by atoms with Gasteiger partial charge in [-0.1, -0.05) is 214 Å². The maximum absolute atomic E-state index is 12.5. The predicted octanol–water partition coefficient (Wildman–Crippen LogP) is 16.9. The molecule has 2 atom stereocenters. The van der Waals surface area contributed by atoms with Gasteiger partial charge < -0.3 is 14.4 Å². The Morgan fingerprint density at radius 2 is 0.655 bits per heavy atom. The highest BCUT2D eigenvalue weighted by Gasteiger charge is 2.16. The van der Waals surface area contributed by atoms with E-state index in [1.807, 2.05) is 0 Å². The van der Waals surface area contributed by atoms with Gasteiger partial charge in [-0.15, -0.1) is 0 Å². The molecule has 0 saturated heterocycles. The van der Waals surface area contributed by atoms with Crippen molar-refractivity contribution in [3.05, 3.63) is 0 Å². The van der Waals surface area contributed by atoms with Crippen LogP contribution in [0.4, 0.5) is 0 Å². The molecule has 58 heavy (non-hydrogen) atoms. The summed E-state index contributed by atoms with van der Waals surface area (Å²) in [6.07, 6.45) is 48.1. The average molecular weight is 820 g/mol. The van der Waals surface area contributed by atoms with Crippen molar-refractivity contribution in [1.82, 2.24) is 4.90 Å². The van der Waals surface area contributed by atoms with E-state index in [4.69, 9.17) is 9.47 Å². The Balaban J connectivity index is 4.39. The SMILES string of the molecule is CCCCCCCCCN(C)C(CCCCCCCCC(=O)OCC(CCCC)CCCCCC)CCCCCCCCC(=O)OCC(CCCC)CCCCCC. The van der Waals surface area contributed by atoms with E-state index in [1.54, 1.807) is 0 Å². The fourth-order valence-electron chi connectivity index (χ4n) is 8.69. The Kier molecular flexibility index (Phi) is 44.6. The highest BCUT2D eigenvalue weighted by atomic mass is 16.5. The van der Waals surface area contributed by atoms with Crippen LogP contribution in [-0.2, 0) is 19.1 Å². The van der Waals surface area contributed by atoms with Gasteiger partial charge >= 0.3 is 11.9 Å². The number of unbranched alkanes of at least 4 members (excludes halogenated alkanes) is 24. The molecule has 0 rings (SSSR count). The summed E-state index contributed by atoms with van der Waals surface area (Å²) in [5.74, 6) is 1.15. The normalized spacial score (nSPS) is 13.2. The molecular weight excluding hydrogens is 715 g/mol. The Hall–Kier alpha value is -1.10. The molecule has 0 radical (unpaired) electrons. The van der Waals surface area contributed by atoms with Gasteiger partial charge in [-0.05, 0) is 83.2 Å². The van der Waals surface area contributed by atoms with Crippen molar-refractivity contribution in [2.45, 2.75) is 291 Å². The molecule has 346 valence electrons. The van der Waals surface area contributed by atoms with Gasteiger partial charge in [0.1, 0.15) is 0 Å². The highest BCUT2D eigenvalue weighted by Crippen LogP contribution is 2.22. The molecule has 0 aromatic heterocycles. The van der Waals surface area contributed by atoms with Gasteiger partial charge in [-0.3, -0.25) is 9.59 Å². The Bertz CT molecular complexity index is 792. The predicted molar refractivity (Wildman–Crippen MR) is 254 cm³/mol. The molecule has 0 aliphatic heterocycles. The summed E-state index contributed by atoms with van der Waals surface area (Å²) in [7, 11) is 2.39. The minimum Gasteiger partial charge on any atom is -0.465 e. The molecule has 2 unspecified atom stereocenters. The quantitative estimate of drug-likeness (QED) is 0.0452. The van der Waals surface area contributed by atoms with E-state index in [2.05, 4.69) is 46.6 Å². The molecular formula is C53H105NO4. The van der Waals surface area contributed by atoms with Gasteiger partial charge in [-0.25, -0.2) is 0 Å². The minimum atomic E-state index is 0.0245. The lowest BCUT2D eigenvalue weighted by atomic mass is 9.96. The number of hydrogen-bond acceptors (Lipinski definition) is 5. The van der Waals surface area contributed by atoms with E-state index < -0.39 is 0 Å². The maximum atomic E-state index is 12.5. The second-order valence-corrected chi connectivity index (χ2v) is 18.7. The number of carbonyl (C=O) groups excluding carboxylic acids is 2. The molecule has 0 aromatic rings. The molecule has 0 heterocycles. The number of ether oxygens (including phenoxy) is 2. The lowest BCUT2D eigenvalue weighted by Crippen LogP contribution is -2.32. The Morgan fingerprint density at radius 3 is 1.05 bits per heavy atom. The number of nitrogens with zero attached hydrogens (tertiary/aromatic N) is 1. The van der Waals surface area contributed by atoms with Crippen molar-refractivity contribution >= 4 is 11.9 Å². The maximum Gasteiger partial charge on any atom is 0.305 e. The second-order valence-electron chi connectivity index (χ2n) is 18.7. The van der Waals surface area contributed by atoms with E-state index in [9.17, 15) is 9.59 Å². The minimum absolute atomic E-state index is 0.0245. The standard InChI is InChI=1S/C53H105NO4/c1-7-12-17-20-25-30-37-46-54(6)51(42-33-26-21-23-28-35-44-52(55)57-47-49(38-15-10-4)40-31-18-13-8-2)43-34-27-22-24-29-36-45-53(56)58-48-50(39-16-11-5)41-32-19-14-9-3/h49-51H,7-48H2,1-6H3. The van der Waals surface area contributed by atoms with E-state index in [1.165, 1.54) is 218 Å². The van der Waals surface area contributed by atoms with Crippen molar-refractivity contribution in [3.63, 3.8) is 0 Å². The summed E-state index contributed by atoms with van der Waals surface area (Å²) >= 11 is 0.